The summed E-state index contributed by atoms with van der Waals surface area (Å²) in [5.74, 6) is 7.25. The highest BCUT2D eigenvalue weighted by atomic mass is 16.4. The van der Waals surface area contributed by atoms with Crippen LogP contribution in [0.5, 0.6) is 0 Å². The molecule has 2 aromatic carbocycles. The molecule has 0 spiro atoms. The summed E-state index contributed by atoms with van der Waals surface area (Å²) >= 11 is 0. The number of carboxylic acid groups (broad SMARTS) is 2. The van der Waals surface area contributed by atoms with Crippen molar-refractivity contribution in [2.75, 3.05) is 0 Å². The van der Waals surface area contributed by atoms with Gasteiger partial charge in [0.1, 0.15) is 0 Å². The van der Waals surface area contributed by atoms with Crippen molar-refractivity contribution in [1.82, 2.24) is 0 Å². The highest BCUT2D eigenvalue weighted by Gasteiger charge is 2.27. The largest absolute Gasteiger partial charge is 0.472 e. The number of aliphatic carboxylic acids is 2. The van der Waals surface area contributed by atoms with Crippen LogP contribution in [0.1, 0.15) is 36.1 Å². The molecule has 0 radical (unpaired) electrons. The van der Waals surface area contributed by atoms with Crippen LogP contribution in [-0.4, -0.2) is 22.2 Å². The van der Waals surface area contributed by atoms with Gasteiger partial charge in [0, 0.05) is 28.4 Å². The average Bonchev–Trinajstić information content (AvgIpc) is 2.58. The molecule has 0 aromatic heterocycles. The molecule has 0 aliphatic heterocycles. The van der Waals surface area contributed by atoms with Gasteiger partial charge in [0.25, 0.3) is 0 Å². The van der Waals surface area contributed by atoms with Gasteiger partial charge in [0.05, 0.1) is 0 Å². The fraction of sp³-hybridized carbons (Fsp3) is 0.143. The highest BCUT2D eigenvalue weighted by molar-refractivity contribution is 5.88. The lowest BCUT2D eigenvalue weighted by atomic mass is 9.74. The molecule has 0 amide bonds. The lowest BCUT2D eigenvalue weighted by Gasteiger charge is -2.28. The van der Waals surface area contributed by atoms with Crippen molar-refractivity contribution in [1.29, 1.82) is 0 Å². The van der Waals surface area contributed by atoms with E-state index in [2.05, 4.69) is 23.7 Å². The quantitative estimate of drug-likeness (QED) is 0.829. The molecule has 0 aliphatic rings. The molecule has 124 valence electrons. The van der Waals surface area contributed by atoms with Crippen LogP contribution in [0.15, 0.2) is 48.5 Å². The molecule has 2 aromatic rings. The molecule has 2 N–H and O–H groups in total. The summed E-state index contributed by atoms with van der Waals surface area (Å²) < 4.78 is 0. The first-order valence-electron chi connectivity index (χ1n) is 7.51. The van der Waals surface area contributed by atoms with Gasteiger partial charge in [-0.25, -0.2) is 9.59 Å². The number of rotatable bonds is 2. The molecule has 0 atom stereocenters. The molecule has 25 heavy (non-hydrogen) atoms. The molecular weight excluding hydrogens is 316 g/mol. The summed E-state index contributed by atoms with van der Waals surface area (Å²) in [6.07, 6.45) is 0. The Bertz CT molecular complexity index is 869. The van der Waals surface area contributed by atoms with Gasteiger partial charge >= 0.3 is 11.9 Å². The van der Waals surface area contributed by atoms with Crippen LogP contribution in [0, 0.1) is 23.7 Å². The van der Waals surface area contributed by atoms with Crippen molar-refractivity contribution in [3.63, 3.8) is 0 Å². The molecule has 0 aliphatic carbocycles. The second-order valence-electron chi connectivity index (χ2n) is 5.83. The molecule has 0 bridgehead atoms. The van der Waals surface area contributed by atoms with Crippen molar-refractivity contribution in [3.8, 4) is 23.7 Å². The number of hydrogen-bond donors (Lipinski definition) is 2. The molecule has 0 fully saturated rings. The van der Waals surface area contributed by atoms with Crippen molar-refractivity contribution < 1.29 is 19.8 Å². The van der Waals surface area contributed by atoms with Gasteiger partial charge in [0.15, 0.2) is 0 Å². The third-order valence-corrected chi connectivity index (χ3v) is 3.81. The zero-order chi connectivity index (χ0) is 18.4. The lowest BCUT2D eigenvalue weighted by Crippen LogP contribution is -2.22. The number of carbonyl (C=O) groups is 2. The lowest BCUT2D eigenvalue weighted by molar-refractivity contribution is -0.131. The summed E-state index contributed by atoms with van der Waals surface area (Å²) in [5, 5.41) is 17.6. The van der Waals surface area contributed by atoms with E-state index in [1.54, 1.807) is 24.3 Å². The topological polar surface area (TPSA) is 74.6 Å². The normalized spacial score (nSPS) is 10.0. The van der Waals surface area contributed by atoms with Crippen LogP contribution >= 0.6 is 0 Å². The minimum Gasteiger partial charge on any atom is -0.472 e. The van der Waals surface area contributed by atoms with Gasteiger partial charge < -0.3 is 10.2 Å². The Labute approximate surface area is 146 Å². The monoisotopic (exact) mass is 332 g/mol. The number of hydrogen-bond acceptors (Lipinski definition) is 2. The molecule has 0 saturated heterocycles. The maximum atomic E-state index is 10.8. The Balaban J connectivity index is 2.63. The van der Waals surface area contributed by atoms with Crippen LogP contribution in [0.2, 0.25) is 0 Å². The summed E-state index contributed by atoms with van der Waals surface area (Å²) in [4.78, 5) is 21.5. The van der Waals surface area contributed by atoms with Gasteiger partial charge in [-0.2, -0.15) is 0 Å². The Kier molecular flexibility index (Phi) is 5.27. The molecule has 0 saturated carbocycles. The van der Waals surface area contributed by atoms with E-state index >= 15 is 0 Å². The minimum atomic E-state index is -1.19. The Morgan fingerprint density at radius 2 is 1.12 bits per heavy atom. The first-order chi connectivity index (χ1) is 11.8. The van der Waals surface area contributed by atoms with Crippen molar-refractivity contribution >= 4 is 11.9 Å². The highest BCUT2D eigenvalue weighted by Crippen LogP contribution is 2.35. The predicted octanol–water partition coefficient (Wildman–Crippen LogP) is 2.88. The first-order valence-corrected chi connectivity index (χ1v) is 7.51. The second kappa shape index (κ2) is 7.38. The van der Waals surface area contributed by atoms with Crippen LogP contribution in [-0.2, 0) is 15.0 Å². The predicted molar refractivity (Wildman–Crippen MR) is 94.0 cm³/mol. The molecule has 4 nitrogen and oxygen atoms in total. The van der Waals surface area contributed by atoms with E-state index in [-0.39, 0.29) is 0 Å². The van der Waals surface area contributed by atoms with Crippen LogP contribution < -0.4 is 0 Å². The fourth-order valence-electron chi connectivity index (χ4n) is 2.66. The zero-order valence-electron chi connectivity index (χ0n) is 13.8. The van der Waals surface area contributed by atoms with E-state index in [9.17, 15) is 9.59 Å². The van der Waals surface area contributed by atoms with Crippen LogP contribution in [0.25, 0.3) is 0 Å². The van der Waals surface area contributed by atoms with E-state index in [0.717, 1.165) is 11.1 Å². The summed E-state index contributed by atoms with van der Waals surface area (Å²) in [5.41, 5.74) is 2.35. The van der Waals surface area contributed by atoms with Crippen LogP contribution in [0.3, 0.4) is 0 Å². The van der Waals surface area contributed by atoms with Gasteiger partial charge in [0.2, 0.25) is 0 Å². The van der Waals surface area contributed by atoms with Gasteiger partial charge in [-0.1, -0.05) is 62.1 Å². The third-order valence-electron chi connectivity index (χ3n) is 3.81. The fourth-order valence-corrected chi connectivity index (χ4v) is 2.66. The summed E-state index contributed by atoms with van der Waals surface area (Å²) in [6, 6.07) is 14.6. The second-order valence-corrected chi connectivity index (χ2v) is 5.83. The summed E-state index contributed by atoms with van der Waals surface area (Å²) in [7, 11) is 0. The maximum Gasteiger partial charge on any atom is 0.382 e. The smallest absolute Gasteiger partial charge is 0.382 e. The first kappa shape index (κ1) is 17.8. The molecule has 2 rings (SSSR count). The Morgan fingerprint density at radius 3 is 1.48 bits per heavy atom. The van der Waals surface area contributed by atoms with E-state index in [1.165, 1.54) is 0 Å². The molecular formula is C21H16O4. The van der Waals surface area contributed by atoms with Gasteiger partial charge in [-0.3, -0.25) is 0 Å². The Hall–Kier alpha value is -3.50. The molecule has 4 heteroatoms. The zero-order valence-corrected chi connectivity index (χ0v) is 13.8. The maximum absolute atomic E-state index is 10.8. The van der Waals surface area contributed by atoms with Crippen LogP contribution in [0.4, 0.5) is 0 Å². The average molecular weight is 332 g/mol. The minimum absolute atomic E-state index is 0.548. The van der Waals surface area contributed by atoms with Crippen molar-refractivity contribution in [2.24, 2.45) is 0 Å². The van der Waals surface area contributed by atoms with E-state index in [1.807, 2.05) is 38.1 Å². The van der Waals surface area contributed by atoms with Gasteiger partial charge in [-0.15, -0.1) is 0 Å². The Morgan fingerprint density at radius 1 is 0.760 bits per heavy atom. The SMILES string of the molecule is CC(C)(c1ccccc1C#CC(=O)O)c1ccccc1C#CC(=O)O. The summed E-state index contributed by atoms with van der Waals surface area (Å²) in [6.45, 7) is 3.94. The molecule has 0 unspecified atom stereocenters. The van der Waals surface area contributed by atoms with E-state index in [0.29, 0.717) is 11.1 Å². The van der Waals surface area contributed by atoms with E-state index in [4.69, 9.17) is 10.2 Å². The van der Waals surface area contributed by atoms with Crippen molar-refractivity contribution in [2.45, 2.75) is 19.3 Å². The third kappa shape index (κ3) is 4.28. The van der Waals surface area contributed by atoms with Crippen molar-refractivity contribution in [3.05, 3.63) is 70.8 Å². The standard InChI is InChI=1S/C21H16O4/c1-21(2,17-9-5-3-7-15(17)11-13-19(22)23)18-10-6-4-8-16(18)12-14-20(24)25/h3-10H,1-2H3,(H,22,23)(H,24,25). The molecule has 0 heterocycles. The van der Waals surface area contributed by atoms with E-state index < -0.39 is 17.4 Å². The number of benzene rings is 2. The van der Waals surface area contributed by atoms with Gasteiger partial charge in [-0.05, 0) is 23.3 Å². The number of carboxylic acids is 2.